The zero-order valence-corrected chi connectivity index (χ0v) is 11.4. The Morgan fingerprint density at radius 1 is 1.50 bits per heavy atom. The first-order valence-corrected chi connectivity index (χ1v) is 7.69. The molecule has 0 aliphatic carbocycles. The molecule has 0 fully saturated rings. The van der Waals surface area contributed by atoms with Crippen molar-refractivity contribution >= 4 is 38.2 Å². The molecule has 2 aromatic rings. The maximum atomic E-state index is 11.9. The summed E-state index contributed by atoms with van der Waals surface area (Å²) < 4.78 is 26.4. The van der Waals surface area contributed by atoms with E-state index in [1.807, 2.05) is 6.07 Å². The fraction of sp³-hybridized carbons (Fsp3) is 0.364. The highest BCUT2D eigenvalue weighted by molar-refractivity contribution is 7.92. The van der Waals surface area contributed by atoms with Crippen LogP contribution in [0.5, 0.6) is 0 Å². The van der Waals surface area contributed by atoms with Crippen molar-refractivity contribution in [3.8, 4) is 0 Å². The van der Waals surface area contributed by atoms with Crippen LogP contribution >= 0.6 is 11.6 Å². The van der Waals surface area contributed by atoms with Crippen molar-refractivity contribution < 1.29 is 8.42 Å². The van der Waals surface area contributed by atoms with Crippen LogP contribution in [0.25, 0.3) is 10.9 Å². The largest absolute Gasteiger partial charge is 0.281 e. The number of hydrogen-bond donors (Lipinski definition) is 2. The number of sulfonamides is 1. The maximum absolute atomic E-state index is 11.9. The van der Waals surface area contributed by atoms with Crippen LogP contribution in [0.2, 0.25) is 0 Å². The molecular weight excluding hydrogens is 274 g/mol. The van der Waals surface area contributed by atoms with Gasteiger partial charge in [0.15, 0.2) is 0 Å². The first-order valence-electron chi connectivity index (χ1n) is 5.50. The second kappa shape index (κ2) is 5.16. The summed E-state index contributed by atoms with van der Waals surface area (Å²) in [5.74, 6) is 0.223. The molecule has 18 heavy (non-hydrogen) atoms. The summed E-state index contributed by atoms with van der Waals surface area (Å²) in [4.78, 5) is 0. The molecule has 1 aromatic carbocycles. The summed E-state index contributed by atoms with van der Waals surface area (Å²) in [6.45, 7) is 1.79. The zero-order valence-electron chi connectivity index (χ0n) is 9.85. The second-order valence-electron chi connectivity index (χ2n) is 4.28. The van der Waals surface area contributed by atoms with Crippen LogP contribution in [0.4, 0.5) is 5.69 Å². The minimum absolute atomic E-state index is 0.00102. The molecule has 0 aliphatic heterocycles. The first kappa shape index (κ1) is 13.2. The third-order valence-electron chi connectivity index (χ3n) is 2.51. The van der Waals surface area contributed by atoms with Crippen molar-refractivity contribution in [2.45, 2.75) is 6.92 Å². The van der Waals surface area contributed by atoms with Crippen molar-refractivity contribution in [1.29, 1.82) is 0 Å². The molecule has 7 heteroatoms. The lowest BCUT2D eigenvalue weighted by Gasteiger charge is -2.11. The molecule has 0 bridgehead atoms. The number of anilines is 1. The molecular formula is C11H14ClN3O2S. The van der Waals surface area contributed by atoms with Crippen molar-refractivity contribution in [2.75, 3.05) is 16.4 Å². The third-order valence-corrected chi connectivity index (χ3v) is 4.58. The van der Waals surface area contributed by atoms with E-state index >= 15 is 0 Å². The van der Waals surface area contributed by atoms with Crippen molar-refractivity contribution in [1.82, 2.24) is 10.2 Å². The van der Waals surface area contributed by atoms with Gasteiger partial charge in [-0.2, -0.15) is 5.10 Å². The van der Waals surface area contributed by atoms with Crippen molar-refractivity contribution in [2.24, 2.45) is 5.92 Å². The van der Waals surface area contributed by atoms with Gasteiger partial charge in [0.05, 0.1) is 23.2 Å². The molecule has 1 atom stereocenters. The number of aromatic amines is 1. The molecule has 1 heterocycles. The van der Waals surface area contributed by atoms with E-state index in [9.17, 15) is 8.42 Å². The average molecular weight is 288 g/mol. The highest BCUT2D eigenvalue weighted by Gasteiger charge is 2.16. The predicted molar refractivity (Wildman–Crippen MR) is 73.4 cm³/mol. The number of fused-ring (bicyclic) bond motifs is 1. The summed E-state index contributed by atoms with van der Waals surface area (Å²) in [7, 11) is -3.40. The molecule has 2 N–H and O–H groups in total. The lowest BCUT2D eigenvalue weighted by atomic mass is 10.2. The summed E-state index contributed by atoms with van der Waals surface area (Å²) in [6, 6.07) is 5.34. The van der Waals surface area contributed by atoms with Gasteiger partial charge in [-0.25, -0.2) is 8.42 Å². The fourth-order valence-corrected chi connectivity index (χ4v) is 3.38. The number of hydrogen-bond acceptors (Lipinski definition) is 3. The van der Waals surface area contributed by atoms with E-state index in [4.69, 9.17) is 11.6 Å². The van der Waals surface area contributed by atoms with Crippen LogP contribution < -0.4 is 4.72 Å². The van der Waals surface area contributed by atoms with Gasteiger partial charge in [0.1, 0.15) is 0 Å². The predicted octanol–water partition coefficient (Wildman–Crippen LogP) is 2.18. The maximum Gasteiger partial charge on any atom is 0.233 e. The van der Waals surface area contributed by atoms with Gasteiger partial charge in [0.25, 0.3) is 0 Å². The molecule has 1 unspecified atom stereocenters. The number of H-pyrrole nitrogens is 1. The van der Waals surface area contributed by atoms with Crippen LogP contribution in [0.3, 0.4) is 0 Å². The average Bonchev–Trinajstić information content (AvgIpc) is 2.77. The van der Waals surface area contributed by atoms with E-state index in [0.29, 0.717) is 17.1 Å². The summed E-state index contributed by atoms with van der Waals surface area (Å²) >= 11 is 5.63. The Balaban J connectivity index is 2.26. The number of para-hydroxylation sites is 1. The normalized spacial score (nSPS) is 13.7. The van der Waals surface area contributed by atoms with Gasteiger partial charge in [0, 0.05) is 11.3 Å². The zero-order chi connectivity index (χ0) is 13.2. The summed E-state index contributed by atoms with van der Waals surface area (Å²) in [5, 5.41) is 7.52. The summed E-state index contributed by atoms with van der Waals surface area (Å²) in [6.07, 6.45) is 1.65. The second-order valence-corrected chi connectivity index (χ2v) is 6.36. The number of halogens is 1. The fourth-order valence-electron chi connectivity index (χ4n) is 1.68. The van der Waals surface area contributed by atoms with E-state index in [0.717, 1.165) is 5.39 Å². The molecule has 1 aromatic heterocycles. The minimum Gasteiger partial charge on any atom is -0.281 e. The highest BCUT2D eigenvalue weighted by atomic mass is 35.5. The number of rotatable bonds is 5. The topological polar surface area (TPSA) is 74.8 Å². The standard InChI is InChI=1S/C11H14ClN3O2S/c1-8(5-12)7-18(16,17)15-10-4-2-3-9-6-13-14-11(9)10/h2-4,6,8,15H,5,7H2,1H3,(H,13,14). The van der Waals surface area contributed by atoms with E-state index < -0.39 is 10.0 Å². The number of nitrogens with zero attached hydrogens (tertiary/aromatic N) is 1. The van der Waals surface area contributed by atoms with Gasteiger partial charge < -0.3 is 0 Å². The molecule has 5 nitrogen and oxygen atoms in total. The van der Waals surface area contributed by atoms with E-state index in [-0.39, 0.29) is 11.7 Å². The molecule has 0 aliphatic rings. The quantitative estimate of drug-likeness (QED) is 0.828. The van der Waals surface area contributed by atoms with Gasteiger partial charge in [0.2, 0.25) is 10.0 Å². The van der Waals surface area contributed by atoms with Gasteiger partial charge in [-0.3, -0.25) is 9.82 Å². The lowest BCUT2D eigenvalue weighted by Crippen LogP contribution is -2.22. The first-order chi connectivity index (χ1) is 8.52. The van der Waals surface area contributed by atoms with Gasteiger partial charge >= 0.3 is 0 Å². The van der Waals surface area contributed by atoms with Crippen LogP contribution in [0.15, 0.2) is 24.4 Å². The lowest BCUT2D eigenvalue weighted by molar-refractivity contribution is 0.588. The number of alkyl halides is 1. The van der Waals surface area contributed by atoms with Gasteiger partial charge in [-0.05, 0) is 12.0 Å². The van der Waals surface area contributed by atoms with E-state index in [1.54, 1.807) is 25.3 Å². The Kier molecular flexibility index (Phi) is 3.77. The molecule has 0 saturated heterocycles. The molecule has 98 valence electrons. The van der Waals surface area contributed by atoms with E-state index in [1.165, 1.54) is 0 Å². The molecule has 2 rings (SSSR count). The van der Waals surface area contributed by atoms with Crippen LogP contribution in [0, 0.1) is 5.92 Å². The SMILES string of the molecule is CC(CCl)CS(=O)(=O)Nc1cccc2cn[nH]c12. The smallest absolute Gasteiger partial charge is 0.233 e. The number of nitrogens with one attached hydrogen (secondary N) is 2. The van der Waals surface area contributed by atoms with Crippen molar-refractivity contribution in [3.05, 3.63) is 24.4 Å². The Labute approximate surface area is 111 Å². The Morgan fingerprint density at radius 3 is 3.00 bits per heavy atom. The van der Waals surface area contributed by atoms with Gasteiger partial charge in [-0.1, -0.05) is 19.1 Å². The molecule has 0 amide bonds. The van der Waals surface area contributed by atoms with Crippen molar-refractivity contribution in [3.63, 3.8) is 0 Å². The molecule has 0 spiro atoms. The molecule has 0 saturated carbocycles. The van der Waals surface area contributed by atoms with Crippen LogP contribution in [-0.4, -0.2) is 30.2 Å². The third kappa shape index (κ3) is 2.94. The minimum atomic E-state index is -3.40. The Morgan fingerprint density at radius 2 is 2.28 bits per heavy atom. The summed E-state index contributed by atoms with van der Waals surface area (Å²) in [5.41, 5.74) is 1.19. The highest BCUT2D eigenvalue weighted by Crippen LogP contribution is 2.22. The Bertz CT molecular complexity index is 639. The van der Waals surface area contributed by atoms with Crippen LogP contribution in [0.1, 0.15) is 6.92 Å². The number of aromatic nitrogens is 2. The Hall–Kier alpha value is -1.27. The molecule has 0 radical (unpaired) electrons. The number of benzene rings is 1. The van der Waals surface area contributed by atoms with Gasteiger partial charge in [-0.15, -0.1) is 11.6 Å². The van der Waals surface area contributed by atoms with Crippen LogP contribution in [-0.2, 0) is 10.0 Å². The monoisotopic (exact) mass is 287 g/mol. The van der Waals surface area contributed by atoms with E-state index in [2.05, 4.69) is 14.9 Å².